The summed E-state index contributed by atoms with van der Waals surface area (Å²) in [5.74, 6) is -1.05. The van der Waals surface area contributed by atoms with Crippen molar-refractivity contribution in [3.05, 3.63) is 59.2 Å². The number of ether oxygens (including phenoxy) is 2. The molecule has 0 radical (unpaired) electrons. The Bertz CT molecular complexity index is 1090. The highest BCUT2D eigenvalue weighted by Gasteiger charge is 2.17. The summed E-state index contributed by atoms with van der Waals surface area (Å²) in [5.41, 5.74) is 3.29. The lowest BCUT2D eigenvalue weighted by Gasteiger charge is -2.08. The van der Waals surface area contributed by atoms with Crippen molar-refractivity contribution in [2.75, 3.05) is 13.7 Å². The highest BCUT2D eigenvalue weighted by molar-refractivity contribution is 6.00. The largest absolute Gasteiger partial charge is 0.469 e. The average molecular weight is 410 g/mol. The maximum Gasteiger partial charge on any atom is 0.331 e. The Morgan fingerprint density at radius 1 is 1.20 bits per heavy atom. The number of rotatable bonds is 8. The van der Waals surface area contributed by atoms with Crippen LogP contribution in [0.5, 0.6) is 0 Å². The monoisotopic (exact) mass is 410 g/mol. The fourth-order valence-corrected chi connectivity index (χ4v) is 3.10. The van der Waals surface area contributed by atoms with Gasteiger partial charge in [0.15, 0.2) is 12.2 Å². The third kappa shape index (κ3) is 4.83. The summed E-state index contributed by atoms with van der Waals surface area (Å²) >= 11 is 0. The summed E-state index contributed by atoms with van der Waals surface area (Å²) in [6, 6.07) is 8.96. The van der Waals surface area contributed by atoms with Crippen molar-refractivity contribution in [3.63, 3.8) is 0 Å². The number of methoxy groups -OCH3 is 1. The minimum atomic E-state index is -0.676. The zero-order valence-corrected chi connectivity index (χ0v) is 17.0. The van der Waals surface area contributed by atoms with E-state index in [0.717, 1.165) is 11.8 Å². The van der Waals surface area contributed by atoms with E-state index in [1.807, 2.05) is 23.6 Å². The lowest BCUT2D eigenvalue weighted by Crippen LogP contribution is -2.14. The Morgan fingerprint density at radius 2 is 1.97 bits per heavy atom. The van der Waals surface area contributed by atoms with E-state index < -0.39 is 12.6 Å². The molecule has 0 N–H and O–H groups in total. The number of hydrogen-bond donors (Lipinski definition) is 0. The quantitative estimate of drug-likeness (QED) is 0.319. The Kier molecular flexibility index (Phi) is 6.46. The first-order valence-electron chi connectivity index (χ1n) is 9.36. The summed E-state index contributed by atoms with van der Waals surface area (Å²) in [4.78, 5) is 40.0. The van der Waals surface area contributed by atoms with Crippen molar-refractivity contribution in [2.45, 2.75) is 26.8 Å². The topological polar surface area (TPSA) is 101 Å². The number of para-hydroxylation sites is 2. The molecule has 0 amide bonds. The maximum atomic E-state index is 12.5. The van der Waals surface area contributed by atoms with Gasteiger partial charge in [0, 0.05) is 35.6 Å². The lowest BCUT2D eigenvalue weighted by atomic mass is 10.1. The van der Waals surface area contributed by atoms with E-state index in [0.29, 0.717) is 28.9 Å². The van der Waals surface area contributed by atoms with E-state index in [9.17, 15) is 14.4 Å². The van der Waals surface area contributed by atoms with E-state index in [1.165, 1.54) is 13.2 Å². The molecule has 0 unspecified atom stereocenters. The average Bonchev–Trinajstić information content (AvgIpc) is 3.28. The highest BCUT2D eigenvalue weighted by atomic mass is 16.5. The summed E-state index contributed by atoms with van der Waals surface area (Å²) in [5, 5.41) is 0. The number of aromatic nitrogens is 2. The van der Waals surface area contributed by atoms with Crippen LogP contribution in [0, 0.1) is 13.8 Å². The van der Waals surface area contributed by atoms with Gasteiger partial charge in [-0.2, -0.15) is 0 Å². The molecule has 0 saturated heterocycles. The van der Waals surface area contributed by atoms with Gasteiger partial charge in [-0.05, 0) is 32.0 Å². The molecule has 0 aliphatic carbocycles. The highest BCUT2D eigenvalue weighted by Crippen LogP contribution is 2.17. The molecule has 1 aromatic carbocycles. The third-order valence-corrected chi connectivity index (χ3v) is 4.66. The van der Waals surface area contributed by atoms with Crippen molar-refractivity contribution in [1.82, 2.24) is 9.55 Å². The normalized spacial score (nSPS) is 11.2. The smallest absolute Gasteiger partial charge is 0.331 e. The molecule has 3 rings (SSSR count). The molecule has 0 aliphatic heterocycles. The predicted molar refractivity (Wildman–Crippen MR) is 109 cm³/mol. The number of hydrogen-bond acceptors (Lipinski definition) is 7. The zero-order valence-electron chi connectivity index (χ0n) is 17.0. The molecule has 0 fully saturated rings. The second kappa shape index (κ2) is 9.21. The fraction of sp³-hybridized carbons (Fsp3) is 0.273. The summed E-state index contributed by atoms with van der Waals surface area (Å²) in [6.07, 6.45) is 2.76. The number of benzene rings is 1. The Balaban J connectivity index is 1.58. The van der Waals surface area contributed by atoms with Crippen molar-refractivity contribution < 1.29 is 28.3 Å². The van der Waals surface area contributed by atoms with Gasteiger partial charge in [-0.25, -0.2) is 9.78 Å². The van der Waals surface area contributed by atoms with E-state index >= 15 is 0 Å². The molecule has 156 valence electrons. The maximum absolute atomic E-state index is 12.5. The molecule has 0 bridgehead atoms. The van der Waals surface area contributed by atoms with E-state index in [1.54, 1.807) is 25.1 Å². The number of Topliss-reactive ketones (excluding diaryl/α,β-unsaturated/α-hetero) is 1. The summed E-state index contributed by atoms with van der Waals surface area (Å²) < 4.78 is 17.0. The molecule has 8 nitrogen and oxygen atoms in total. The van der Waals surface area contributed by atoms with Crippen LogP contribution in [0.25, 0.3) is 17.2 Å². The summed E-state index contributed by atoms with van der Waals surface area (Å²) in [6.45, 7) is 3.64. The minimum Gasteiger partial charge on any atom is -0.469 e. The van der Waals surface area contributed by atoms with Crippen LogP contribution in [-0.2, 0) is 25.6 Å². The number of oxazole rings is 1. The molecule has 8 heteroatoms. The first kappa shape index (κ1) is 21.0. The molecule has 0 saturated carbocycles. The molecule has 2 aromatic heterocycles. The fourth-order valence-electron chi connectivity index (χ4n) is 3.10. The third-order valence-electron chi connectivity index (χ3n) is 4.66. The predicted octanol–water partition coefficient (Wildman–Crippen LogP) is 3.25. The van der Waals surface area contributed by atoms with Crippen molar-refractivity contribution in [3.8, 4) is 0 Å². The van der Waals surface area contributed by atoms with Gasteiger partial charge >= 0.3 is 11.9 Å². The van der Waals surface area contributed by atoms with Gasteiger partial charge < -0.3 is 18.5 Å². The van der Waals surface area contributed by atoms with Gasteiger partial charge in [-0.1, -0.05) is 12.1 Å². The van der Waals surface area contributed by atoms with E-state index in [4.69, 9.17) is 9.15 Å². The number of esters is 2. The standard InChI is InChI=1S/C22H22N2O6/c1-14-12-16(15(2)24(14)11-10-21(26)28-3)18(25)13-29-22(27)9-8-20-23-17-6-4-5-7-19(17)30-20/h4-9,12H,10-11,13H2,1-3H3/b9-8+. The molecule has 0 spiro atoms. The van der Waals surface area contributed by atoms with Gasteiger partial charge in [0.1, 0.15) is 5.52 Å². The van der Waals surface area contributed by atoms with E-state index in [-0.39, 0.29) is 24.1 Å². The van der Waals surface area contributed by atoms with Crippen LogP contribution in [0.15, 0.2) is 40.8 Å². The van der Waals surface area contributed by atoms with Crippen LogP contribution in [0.2, 0.25) is 0 Å². The number of carbonyl (C=O) groups excluding carboxylic acids is 3. The lowest BCUT2D eigenvalue weighted by molar-refractivity contribution is -0.141. The van der Waals surface area contributed by atoms with Crippen molar-refractivity contribution in [1.29, 1.82) is 0 Å². The van der Waals surface area contributed by atoms with Gasteiger partial charge in [0.25, 0.3) is 0 Å². The molecule has 2 heterocycles. The molecule has 30 heavy (non-hydrogen) atoms. The van der Waals surface area contributed by atoms with Gasteiger partial charge in [-0.3, -0.25) is 9.59 Å². The minimum absolute atomic E-state index is 0.204. The first-order chi connectivity index (χ1) is 14.4. The Hall–Kier alpha value is -3.68. The molecular formula is C22H22N2O6. The number of ketones is 1. The first-order valence-corrected chi connectivity index (χ1v) is 9.36. The van der Waals surface area contributed by atoms with Crippen molar-refractivity contribution in [2.24, 2.45) is 0 Å². The number of carbonyl (C=O) groups is 3. The Morgan fingerprint density at radius 3 is 2.70 bits per heavy atom. The molecule has 3 aromatic rings. The number of fused-ring (bicyclic) bond motifs is 1. The van der Waals surface area contributed by atoms with Crippen LogP contribution in [0.3, 0.4) is 0 Å². The second-order valence-electron chi connectivity index (χ2n) is 6.65. The van der Waals surface area contributed by atoms with Gasteiger partial charge in [0.2, 0.25) is 11.7 Å². The molecule has 0 atom stereocenters. The molecule has 0 aliphatic rings. The van der Waals surface area contributed by atoms with Crippen LogP contribution in [0.4, 0.5) is 0 Å². The molecular weight excluding hydrogens is 388 g/mol. The summed E-state index contributed by atoms with van der Waals surface area (Å²) in [7, 11) is 1.33. The second-order valence-corrected chi connectivity index (χ2v) is 6.65. The zero-order chi connectivity index (χ0) is 21.7. The van der Waals surface area contributed by atoms with Crippen LogP contribution >= 0.6 is 0 Å². The van der Waals surface area contributed by atoms with E-state index in [2.05, 4.69) is 9.72 Å². The van der Waals surface area contributed by atoms with Crippen LogP contribution < -0.4 is 0 Å². The number of nitrogens with zero attached hydrogens (tertiary/aromatic N) is 2. The SMILES string of the molecule is COC(=O)CCn1c(C)cc(C(=O)COC(=O)/C=C/c2nc3ccccc3o2)c1C. The Labute approximate surface area is 173 Å². The number of aryl methyl sites for hydroxylation is 1. The van der Waals surface area contributed by atoms with Crippen LogP contribution in [0.1, 0.15) is 34.1 Å². The van der Waals surface area contributed by atoms with Crippen molar-refractivity contribution >= 4 is 34.9 Å². The van der Waals surface area contributed by atoms with Crippen LogP contribution in [-0.4, -0.2) is 41.0 Å². The van der Waals surface area contributed by atoms with Gasteiger partial charge in [-0.15, -0.1) is 0 Å². The van der Waals surface area contributed by atoms with Gasteiger partial charge in [0.05, 0.1) is 13.5 Å².